The van der Waals surface area contributed by atoms with Crippen molar-refractivity contribution in [2.24, 2.45) is 0 Å². The molecule has 3 rings (SSSR count). The first-order valence-corrected chi connectivity index (χ1v) is 11.1. The second-order valence-corrected chi connectivity index (χ2v) is 8.72. The average Bonchev–Trinajstić information content (AvgIpc) is 2.83. The number of para-hydroxylation sites is 1. The van der Waals surface area contributed by atoms with Gasteiger partial charge in [-0.25, -0.2) is 4.79 Å². The maximum absolute atomic E-state index is 13.1. The summed E-state index contributed by atoms with van der Waals surface area (Å²) in [6, 6.07) is 18.1. The van der Waals surface area contributed by atoms with E-state index in [0.717, 1.165) is 0 Å². The van der Waals surface area contributed by atoms with Crippen molar-refractivity contribution >= 4 is 35.0 Å². The van der Waals surface area contributed by atoms with Gasteiger partial charge in [-0.05, 0) is 75.4 Å². The van der Waals surface area contributed by atoms with Gasteiger partial charge in [-0.15, -0.1) is 0 Å². The van der Waals surface area contributed by atoms with E-state index in [4.69, 9.17) is 14.2 Å². The molecular weight excluding hydrogens is 462 g/mol. The number of amides is 3. The molecule has 36 heavy (non-hydrogen) atoms. The lowest BCUT2D eigenvalue weighted by atomic mass is 10.1. The summed E-state index contributed by atoms with van der Waals surface area (Å²) in [7, 11) is 3.01. The maximum atomic E-state index is 13.1. The van der Waals surface area contributed by atoms with Crippen molar-refractivity contribution < 1.29 is 28.6 Å². The Labute approximate surface area is 209 Å². The molecule has 3 N–H and O–H groups in total. The minimum Gasteiger partial charge on any atom is -0.497 e. The lowest BCUT2D eigenvalue weighted by Crippen LogP contribution is -2.27. The molecule has 3 aromatic rings. The Balaban J connectivity index is 1.77. The summed E-state index contributed by atoms with van der Waals surface area (Å²) in [6.45, 7) is 5.27. The minimum atomic E-state index is -0.677. The lowest BCUT2D eigenvalue weighted by Gasteiger charge is -2.20. The SMILES string of the molecule is COc1ccc(C(=O)Nc2ccccc2C(=O)Nc2ccc(OC)c(NC(=O)OC(C)(C)C)c2)cc1. The highest BCUT2D eigenvalue weighted by Gasteiger charge is 2.19. The third-order valence-corrected chi connectivity index (χ3v) is 4.87. The highest BCUT2D eigenvalue weighted by atomic mass is 16.6. The van der Waals surface area contributed by atoms with Gasteiger partial charge in [0.1, 0.15) is 17.1 Å². The molecule has 0 spiro atoms. The van der Waals surface area contributed by atoms with Crippen LogP contribution in [-0.4, -0.2) is 37.7 Å². The number of rotatable bonds is 7. The van der Waals surface area contributed by atoms with Crippen molar-refractivity contribution in [3.63, 3.8) is 0 Å². The standard InChI is InChI=1S/C27H29N3O6/c1-27(2,3)36-26(33)30-22-16-18(12-15-23(22)35-5)28-25(32)20-8-6-7-9-21(20)29-24(31)17-10-13-19(34-4)14-11-17/h6-16H,1-5H3,(H,28,32)(H,29,31)(H,30,33). The van der Waals surface area contributed by atoms with Crippen molar-refractivity contribution in [2.75, 3.05) is 30.2 Å². The summed E-state index contributed by atoms with van der Waals surface area (Å²) in [5.74, 6) is 0.206. The maximum Gasteiger partial charge on any atom is 0.412 e. The Hall–Kier alpha value is -4.53. The van der Waals surface area contributed by atoms with Crippen LogP contribution in [0.2, 0.25) is 0 Å². The normalized spacial score (nSPS) is 10.7. The number of carbonyl (C=O) groups excluding carboxylic acids is 3. The van der Waals surface area contributed by atoms with E-state index in [-0.39, 0.29) is 11.5 Å². The molecule has 0 saturated carbocycles. The van der Waals surface area contributed by atoms with E-state index in [1.807, 2.05) is 0 Å². The lowest BCUT2D eigenvalue weighted by molar-refractivity contribution is 0.0635. The first kappa shape index (κ1) is 26.1. The molecule has 9 nitrogen and oxygen atoms in total. The Bertz CT molecular complexity index is 1250. The second-order valence-electron chi connectivity index (χ2n) is 8.72. The molecule has 3 aromatic carbocycles. The molecule has 0 saturated heterocycles. The number of nitrogens with one attached hydrogen (secondary N) is 3. The van der Waals surface area contributed by atoms with E-state index in [0.29, 0.717) is 34.1 Å². The van der Waals surface area contributed by atoms with Crippen LogP contribution in [0.4, 0.5) is 21.9 Å². The molecule has 188 valence electrons. The molecule has 0 heterocycles. The van der Waals surface area contributed by atoms with Crippen molar-refractivity contribution in [3.05, 3.63) is 77.9 Å². The summed E-state index contributed by atoms with van der Waals surface area (Å²) in [6.07, 6.45) is -0.657. The van der Waals surface area contributed by atoms with Crippen molar-refractivity contribution in [3.8, 4) is 11.5 Å². The Kier molecular flexibility index (Phi) is 8.16. The zero-order valence-corrected chi connectivity index (χ0v) is 20.8. The van der Waals surface area contributed by atoms with Crippen LogP contribution in [0, 0.1) is 0 Å². The predicted octanol–water partition coefficient (Wildman–Crippen LogP) is 5.56. The fourth-order valence-corrected chi connectivity index (χ4v) is 3.22. The molecule has 0 aliphatic heterocycles. The summed E-state index contributed by atoms with van der Waals surface area (Å²) >= 11 is 0. The topological polar surface area (TPSA) is 115 Å². The number of methoxy groups -OCH3 is 2. The molecule has 0 fully saturated rings. The highest BCUT2D eigenvalue weighted by molar-refractivity contribution is 6.12. The van der Waals surface area contributed by atoms with E-state index < -0.39 is 17.6 Å². The van der Waals surface area contributed by atoms with Crippen LogP contribution in [0.5, 0.6) is 11.5 Å². The zero-order valence-electron chi connectivity index (χ0n) is 20.8. The van der Waals surface area contributed by atoms with E-state index in [1.54, 1.807) is 94.6 Å². The molecule has 0 aromatic heterocycles. The summed E-state index contributed by atoms with van der Waals surface area (Å²) in [4.78, 5) is 38.0. The van der Waals surface area contributed by atoms with Gasteiger partial charge in [0.05, 0.1) is 31.2 Å². The number of hydrogen-bond acceptors (Lipinski definition) is 6. The fraction of sp³-hybridized carbons (Fsp3) is 0.222. The van der Waals surface area contributed by atoms with E-state index in [9.17, 15) is 14.4 Å². The molecule has 9 heteroatoms. The molecule has 0 aliphatic carbocycles. The number of benzene rings is 3. The van der Waals surface area contributed by atoms with Crippen LogP contribution in [-0.2, 0) is 4.74 Å². The molecule has 0 radical (unpaired) electrons. The van der Waals surface area contributed by atoms with Crippen LogP contribution in [0.1, 0.15) is 41.5 Å². The van der Waals surface area contributed by atoms with Gasteiger partial charge in [0.25, 0.3) is 11.8 Å². The van der Waals surface area contributed by atoms with Crippen LogP contribution >= 0.6 is 0 Å². The van der Waals surface area contributed by atoms with Gasteiger partial charge in [-0.3, -0.25) is 14.9 Å². The number of anilines is 3. The summed E-state index contributed by atoms with van der Waals surface area (Å²) in [5, 5.41) is 8.19. The van der Waals surface area contributed by atoms with Gasteiger partial charge >= 0.3 is 6.09 Å². The fourth-order valence-electron chi connectivity index (χ4n) is 3.22. The number of ether oxygens (including phenoxy) is 3. The van der Waals surface area contributed by atoms with Crippen LogP contribution < -0.4 is 25.4 Å². The third-order valence-electron chi connectivity index (χ3n) is 4.87. The Morgan fingerprint density at radius 1 is 0.722 bits per heavy atom. The summed E-state index contributed by atoms with van der Waals surface area (Å²) < 4.78 is 15.7. The van der Waals surface area contributed by atoms with E-state index in [2.05, 4.69) is 16.0 Å². The smallest absolute Gasteiger partial charge is 0.412 e. The number of hydrogen-bond donors (Lipinski definition) is 3. The average molecular weight is 492 g/mol. The van der Waals surface area contributed by atoms with Gasteiger partial charge in [0, 0.05) is 11.3 Å². The molecular formula is C27H29N3O6. The van der Waals surface area contributed by atoms with E-state index >= 15 is 0 Å². The quantitative estimate of drug-likeness (QED) is 0.399. The third kappa shape index (κ3) is 6.99. The molecule has 0 bridgehead atoms. The van der Waals surface area contributed by atoms with Crippen molar-refractivity contribution in [2.45, 2.75) is 26.4 Å². The van der Waals surface area contributed by atoms with Gasteiger partial charge in [0.15, 0.2) is 0 Å². The molecule has 0 aliphatic rings. The van der Waals surface area contributed by atoms with Crippen LogP contribution in [0.25, 0.3) is 0 Å². The first-order chi connectivity index (χ1) is 17.1. The summed E-state index contributed by atoms with van der Waals surface area (Å²) in [5.41, 5.74) is 1.07. The molecule has 0 unspecified atom stereocenters. The Morgan fingerprint density at radius 3 is 2.06 bits per heavy atom. The van der Waals surface area contributed by atoms with Gasteiger partial charge in [-0.2, -0.15) is 0 Å². The first-order valence-electron chi connectivity index (χ1n) is 11.1. The zero-order chi connectivity index (χ0) is 26.3. The van der Waals surface area contributed by atoms with Gasteiger partial charge in [-0.1, -0.05) is 12.1 Å². The van der Waals surface area contributed by atoms with Crippen molar-refractivity contribution in [1.82, 2.24) is 0 Å². The molecule has 0 atom stereocenters. The number of carbonyl (C=O) groups is 3. The van der Waals surface area contributed by atoms with Gasteiger partial charge < -0.3 is 24.8 Å². The highest BCUT2D eigenvalue weighted by Crippen LogP contribution is 2.29. The van der Waals surface area contributed by atoms with Crippen LogP contribution in [0.3, 0.4) is 0 Å². The predicted molar refractivity (Wildman–Crippen MR) is 138 cm³/mol. The molecule has 3 amide bonds. The minimum absolute atomic E-state index is 0.261. The largest absolute Gasteiger partial charge is 0.497 e. The monoisotopic (exact) mass is 491 g/mol. The van der Waals surface area contributed by atoms with Crippen molar-refractivity contribution in [1.29, 1.82) is 0 Å². The van der Waals surface area contributed by atoms with E-state index in [1.165, 1.54) is 7.11 Å². The van der Waals surface area contributed by atoms with Crippen LogP contribution in [0.15, 0.2) is 66.7 Å². The second kappa shape index (κ2) is 11.3. The Morgan fingerprint density at radius 2 is 1.42 bits per heavy atom. The van der Waals surface area contributed by atoms with Gasteiger partial charge in [0.2, 0.25) is 0 Å².